The van der Waals surface area contributed by atoms with Crippen molar-refractivity contribution in [3.63, 3.8) is 0 Å². The largest absolute Gasteiger partial charge is 0.507 e. The third kappa shape index (κ3) is 3.22. The van der Waals surface area contributed by atoms with Gasteiger partial charge in [0, 0.05) is 17.7 Å². The van der Waals surface area contributed by atoms with Crippen molar-refractivity contribution in [3.05, 3.63) is 35.9 Å². The molecule has 3 heteroatoms. The van der Waals surface area contributed by atoms with Gasteiger partial charge in [-0.3, -0.25) is 4.79 Å². The Labute approximate surface area is 89.6 Å². The van der Waals surface area contributed by atoms with E-state index in [2.05, 4.69) is 0 Å². The smallest absolute Gasteiger partial charge is 0.150 e. The van der Waals surface area contributed by atoms with Crippen LogP contribution < -0.4 is 0 Å². The van der Waals surface area contributed by atoms with E-state index in [4.69, 9.17) is 0 Å². The SMILES string of the molecule is CN(C)CC=C(C=O)c1ccccc1O. The van der Waals surface area contributed by atoms with Crippen LogP contribution in [0.5, 0.6) is 5.75 Å². The molecule has 15 heavy (non-hydrogen) atoms. The Hall–Kier alpha value is -1.61. The molecule has 1 aromatic rings. The van der Waals surface area contributed by atoms with Gasteiger partial charge < -0.3 is 10.0 Å². The highest BCUT2D eigenvalue weighted by atomic mass is 16.3. The van der Waals surface area contributed by atoms with Gasteiger partial charge in [0.1, 0.15) is 5.75 Å². The van der Waals surface area contributed by atoms with Gasteiger partial charge in [0.15, 0.2) is 6.29 Å². The maximum absolute atomic E-state index is 10.9. The van der Waals surface area contributed by atoms with E-state index in [1.165, 1.54) is 0 Å². The van der Waals surface area contributed by atoms with E-state index in [0.717, 1.165) is 6.29 Å². The summed E-state index contributed by atoms with van der Waals surface area (Å²) in [4.78, 5) is 12.8. The monoisotopic (exact) mass is 205 g/mol. The van der Waals surface area contributed by atoms with Gasteiger partial charge in [-0.1, -0.05) is 24.3 Å². The predicted octanol–water partition coefficient (Wildman–Crippen LogP) is 1.54. The van der Waals surface area contributed by atoms with Crippen LogP contribution in [0.1, 0.15) is 5.56 Å². The molecule has 0 aromatic heterocycles. The fourth-order valence-electron chi connectivity index (χ4n) is 1.22. The minimum atomic E-state index is 0.134. The van der Waals surface area contributed by atoms with Crippen molar-refractivity contribution in [2.24, 2.45) is 0 Å². The molecular weight excluding hydrogens is 190 g/mol. The number of aromatic hydroxyl groups is 1. The lowest BCUT2D eigenvalue weighted by Gasteiger charge is -2.07. The molecule has 0 aliphatic carbocycles. The number of rotatable bonds is 4. The van der Waals surface area contributed by atoms with Gasteiger partial charge in [0.25, 0.3) is 0 Å². The standard InChI is InChI=1S/C12H15NO2/c1-13(2)8-7-10(9-14)11-5-3-4-6-12(11)15/h3-7,9,15H,8H2,1-2H3. The Morgan fingerprint density at radius 1 is 1.40 bits per heavy atom. The lowest BCUT2D eigenvalue weighted by Crippen LogP contribution is -2.11. The summed E-state index contributed by atoms with van der Waals surface area (Å²) in [5.41, 5.74) is 1.09. The number of para-hydroxylation sites is 1. The fourth-order valence-corrected chi connectivity index (χ4v) is 1.22. The second-order valence-electron chi connectivity index (χ2n) is 3.56. The van der Waals surface area contributed by atoms with Crippen LogP contribution in [0.25, 0.3) is 5.57 Å². The summed E-state index contributed by atoms with van der Waals surface area (Å²) < 4.78 is 0. The molecule has 0 aliphatic heterocycles. The van der Waals surface area contributed by atoms with E-state index in [9.17, 15) is 9.90 Å². The van der Waals surface area contributed by atoms with E-state index >= 15 is 0 Å². The molecule has 0 radical (unpaired) electrons. The molecule has 0 unspecified atom stereocenters. The minimum Gasteiger partial charge on any atom is -0.507 e. The van der Waals surface area contributed by atoms with Gasteiger partial charge >= 0.3 is 0 Å². The Morgan fingerprint density at radius 3 is 2.60 bits per heavy atom. The number of hydrogen-bond acceptors (Lipinski definition) is 3. The molecule has 0 saturated heterocycles. The highest BCUT2D eigenvalue weighted by molar-refractivity contribution is 6.08. The van der Waals surface area contributed by atoms with Crippen molar-refractivity contribution in [1.29, 1.82) is 0 Å². The molecule has 0 bridgehead atoms. The molecule has 0 fully saturated rings. The van der Waals surface area contributed by atoms with Crippen LogP contribution in [0.4, 0.5) is 0 Å². The van der Waals surface area contributed by atoms with Gasteiger partial charge in [-0.05, 0) is 20.2 Å². The maximum Gasteiger partial charge on any atom is 0.150 e. The quantitative estimate of drug-likeness (QED) is 0.598. The van der Waals surface area contributed by atoms with Crippen molar-refractivity contribution in [1.82, 2.24) is 4.90 Å². The number of aldehydes is 1. The van der Waals surface area contributed by atoms with Crippen molar-refractivity contribution >= 4 is 11.9 Å². The lowest BCUT2D eigenvalue weighted by atomic mass is 10.1. The number of hydrogen-bond donors (Lipinski definition) is 1. The summed E-state index contributed by atoms with van der Waals surface area (Å²) in [7, 11) is 3.84. The van der Waals surface area contributed by atoms with Crippen molar-refractivity contribution < 1.29 is 9.90 Å². The molecule has 0 amide bonds. The van der Waals surface area contributed by atoms with Crippen molar-refractivity contribution in [2.45, 2.75) is 0 Å². The third-order valence-corrected chi connectivity index (χ3v) is 2.02. The van der Waals surface area contributed by atoms with E-state index < -0.39 is 0 Å². The summed E-state index contributed by atoms with van der Waals surface area (Å²) in [6, 6.07) is 6.82. The topological polar surface area (TPSA) is 40.5 Å². The average molecular weight is 205 g/mol. The van der Waals surface area contributed by atoms with Crippen LogP contribution in [-0.2, 0) is 4.79 Å². The molecule has 3 nitrogen and oxygen atoms in total. The minimum absolute atomic E-state index is 0.134. The number of carbonyl (C=O) groups is 1. The Bertz CT molecular complexity index is 370. The second kappa shape index (κ2) is 5.32. The normalized spacial score (nSPS) is 11.8. The molecule has 0 spiro atoms. The molecular formula is C12H15NO2. The molecule has 1 rings (SSSR count). The Balaban J connectivity index is 2.97. The second-order valence-corrected chi connectivity index (χ2v) is 3.56. The number of benzene rings is 1. The number of carbonyl (C=O) groups excluding carboxylic acids is 1. The van der Waals surface area contributed by atoms with Crippen LogP contribution in [0.2, 0.25) is 0 Å². The zero-order valence-electron chi connectivity index (χ0n) is 8.97. The maximum atomic E-state index is 10.9. The van der Waals surface area contributed by atoms with E-state index in [-0.39, 0.29) is 5.75 Å². The van der Waals surface area contributed by atoms with E-state index in [1.807, 2.05) is 19.0 Å². The van der Waals surface area contributed by atoms with Gasteiger partial charge in [-0.15, -0.1) is 0 Å². The first-order chi connectivity index (χ1) is 7.15. The number of likely N-dealkylation sites (N-methyl/N-ethyl adjacent to an activating group) is 1. The first kappa shape index (κ1) is 11.5. The average Bonchev–Trinajstić information content (AvgIpc) is 2.21. The van der Waals surface area contributed by atoms with Gasteiger partial charge in [-0.25, -0.2) is 0 Å². The van der Waals surface area contributed by atoms with Gasteiger partial charge in [0.05, 0.1) is 0 Å². The number of allylic oxidation sites excluding steroid dienone is 1. The highest BCUT2D eigenvalue weighted by Crippen LogP contribution is 2.22. The summed E-state index contributed by atoms with van der Waals surface area (Å²) in [5.74, 6) is 0.134. The summed E-state index contributed by atoms with van der Waals surface area (Å²) in [6.07, 6.45) is 2.56. The number of nitrogens with zero attached hydrogens (tertiary/aromatic N) is 1. The number of phenolic OH excluding ortho intramolecular Hbond substituents is 1. The molecule has 0 saturated carbocycles. The molecule has 0 heterocycles. The van der Waals surface area contributed by atoms with Crippen LogP contribution in [-0.4, -0.2) is 36.9 Å². The highest BCUT2D eigenvalue weighted by Gasteiger charge is 2.04. The fraction of sp³-hybridized carbons (Fsp3) is 0.250. The van der Waals surface area contributed by atoms with Crippen molar-refractivity contribution in [2.75, 3.05) is 20.6 Å². The lowest BCUT2D eigenvalue weighted by molar-refractivity contribution is -0.103. The summed E-state index contributed by atoms with van der Waals surface area (Å²) in [5, 5.41) is 9.56. The van der Waals surface area contributed by atoms with Crippen molar-refractivity contribution in [3.8, 4) is 5.75 Å². The van der Waals surface area contributed by atoms with Crippen LogP contribution in [0.15, 0.2) is 30.3 Å². The molecule has 0 aliphatic rings. The van der Waals surface area contributed by atoms with E-state index in [0.29, 0.717) is 17.7 Å². The van der Waals surface area contributed by atoms with Crippen LogP contribution in [0, 0.1) is 0 Å². The molecule has 1 N–H and O–H groups in total. The molecule has 80 valence electrons. The van der Waals surface area contributed by atoms with Gasteiger partial charge in [0.2, 0.25) is 0 Å². The number of phenols is 1. The predicted molar refractivity (Wildman–Crippen MR) is 60.7 cm³/mol. The first-order valence-electron chi connectivity index (χ1n) is 4.73. The van der Waals surface area contributed by atoms with Crippen LogP contribution >= 0.6 is 0 Å². The molecule has 0 atom stereocenters. The summed E-state index contributed by atoms with van der Waals surface area (Å²) in [6.45, 7) is 0.669. The summed E-state index contributed by atoms with van der Waals surface area (Å²) >= 11 is 0. The Morgan fingerprint density at radius 2 is 2.07 bits per heavy atom. The van der Waals surface area contributed by atoms with Crippen LogP contribution in [0.3, 0.4) is 0 Å². The molecule has 1 aromatic carbocycles. The third-order valence-electron chi connectivity index (χ3n) is 2.02. The van der Waals surface area contributed by atoms with E-state index in [1.54, 1.807) is 30.3 Å². The Kier molecular flexibility index (Phi) is 4.06. The zero-order valence-corrected chi connectivity index (χ0v) is 8.97. The first-order valence-corrected chi connectivity index (χ1v) is 4.73. The zero-order chi connectivity index (χ0) is 11.3. The van der Waals surface area contributed by atoms with Gasteiger partial charge in [-0.2, -0.15) is 0 Å².